The Hall–Kier alpha value is -3.33. The highest BCUT2D eigenvalue weighted by atomic mass is 16.5. The zero-order chi connectivity index (χ0) is 21.0. The Kier molecular flexibility index (Phi) is 5.57. The van der Waals surface area contributed by atoms with Crippen molar-refractivity contribution in [2.75, 3.05) is 36.0 Å². The van der Waals surface area contributed by atoms with Gasteiger partial charge in [0.05, 0.1) is 17.3 Å². The maximum absolute atomic E-state index is 9.16. The molecule has 0 spiro atoms. The van der Waals surface area contributed by atoms with Gasteiger partial charge in [-0.25, -0.2) is 9.97 Å². The van der Waals surface area contributed by atoms with Gasteiger partial charge in [0, 0.05) is 56.5 Å². The lowest BCUT2D eigenvalue weighted by molar-refractivity contribution is 0.164. The highest BCUT2D eigenvalue weighted by Crippen LogP contribution is 2.32. The molecule has 2 aliphatic heterocycles. The van der Waals surface area contributed by atoms with E-state index in [0.717, 1.165) is 74.8 Å². The van der Waals surface area contributed by atoms with E-state index in [1.54, 1.807) is 6.20 Å². The van der Waals surface area contributed by atoms with Crippen LogP contribution in [0.2, 0.25) is 0 Å². The molecule has 3 aromatic rings. The van der Waals surface area contributed by atoms with Crippen LogP contribution in [-0.2, 0) is 0 Å². The number of hydrogen-bond donors (Lipinski definition) is 0. The fraction of sp³-hybridized carbons (Fsp3) is 0.400. The minimum absolute atomic E-state index is 0.155. The zero-order valence-corrected chi connectivity index (χ0v) is 17.7. The van der Waals surface area contributed by atoms with Gasteiger partial charge < -0.3 is 14.5 Å². The molecule has 6 heteroatoms. The maximum atomic E-state index is 9.16. The number of anilines is 2. The Morgan fingerprint density at radius 1 is 0.871 bits per heavy atom. The van der Waals surface area contributed by atoms with Crippen LogP contribution >= 0.6 is 0 Å². The number of hydrogen-bond acceptors (Lipinski definition) is 6. The van der Waals surface area contributed by atoms with Gasteiger partial charge in [-0.15, -0.1) is 0 Å². The lowest BCUT2D eigenvalue weighted by Gasteiger charge is -2.35. The summed E-state index contributed by atoms with van der Waals surface area (Å²) in [4.78, 5) is 14.0. The van der Waals surface area contributed by atoms with Crippen molar-refractivity contribution in [1.29, 1.82) is 5.26 Å². The summed E-state index contributed by atoms with van der Waals surface area (Å²) in [5, 5.41) is 10.3. The molecular formula is C25H27N5O. The molecule has 4 heterocycles. The molecule has 6 nitrogen and oxygen atoms in total. The second-order valence-electron chi connectivity index (χ2n) is 8.38. The number of rotatable bonds is 4. The summed E-state index contributed by atoms with van der Waals surface area (Å²) in [6, 6.07) is 19.0. The first kappa shape index (κ1) is 19.6. The van der Waals surface area contributed by atoms with Crippen molar-refractivity contribution in [2.45, 2.75) is 31.8 Å². The highest BCUT2D eigenvalue weighted by Gasteiger charge is 2.25. The van der Waals surface area contributed by atoms with Crippen LogP contribution in [0.15, 0.2) is 54.7 Å². The number of para-hydroxylation sites is 1. The third kappa shape index (κ3) is 4.27. The molecule has 158 valence electrons. The number of aromatic nitrogens is 2. The zero-order valence-electron chi connectivity index (χ0n) is 17.7. The predicted molar refractivity (Wildman–Crippen MR) is 122 cm³/mol. The molecule has 0 radical (unpaired) electrons. The molecule has 2 aliphatic rings. The fourth-order valence-electron chi connectivity index (χ4n) is 4.56. The molecule has 2 fully saturated rings. The van der Waals surface area contributed by atoms with E-state index in [0.29, 0.717) is 0 Å². The fourth-order valence-corrected chi connectivity index (χ4v) is 4.56. The summed E-state index contributed by atoms with van der Waals surface area (Å²) < 4.78 is 6.38. The summed E-state index contributed by atoms with van der Waals surface area (Å²) in [7, 11) is 0. The first-order chi connectivity index (χ1) is 15.3. The standard InChI is InChI=1S/C25H27N5O/c26-18-19-9-14-29(15-10-19)23-6-3-13-27-25(23)31-21-11-16-30(17-12-21)24-8-7-20-4-1-2-5-22(20)28-24/h1-8,13,19,21H,9-12,14-17H2. The van der Waals surface area contributed by atoms with Gasteiger partial charge in [0.2, 0.25) is 5.88 Å². The average Bonchev–Trinajstić information content (AvgIpc) is 2.85. The Morgan fingerprint density at radius 3 is 2.45 bits per heavy atom. The van der Waals surface area contributed by atoms with E-state index >= 15 is 0 Å². The van der Waals surface area contributed by atoms with E-state index < -0.39 is 0 Å². The molecule has 0 bridgehead atoms. The SMILES string of the molecule is N#CC1CCN(c2cccnc2OC2CCN(c3ccc4ccccc4n3)CC2)CC1. The van der Waals surface area contributed by atoms with E-state index in [2.05, 4.69) is 51.2 Å². The maximum Gasteiger partial charge on any atom is 0.237 e. The molecule has 0 unspecified atom stereocenters. The van der Waals surface area contributed by atoms with Crippen LogP contribution in [0.1, 0.15) is 25.7 Å². The molecule has 0 N–H and O–H groups in total. The molecule has 0 atom stereocenters. The number of nitrogens with zero attached hydrogens (tertiary/aromatic N) is 5. The van der Waals surface area contributed by atoms with Crippen molar-refractivity contribution in [1.82, 2.24) is 9.97 Å². The quantitative estimate of drug-likeness (QED) is 0.631. The van der Waals surface area contributed by atoms with Crippen molar-refractivity contribution in [3.63, 3.8) is 0 Å². The van der Waals surface area contributed by atoms with Gasteiger partial charge in [-0.3, -0.25) is 0 Å². The molecule has 2 saturated heterocycles. The Morgan fingerprint density at radius 2 is 1.65 bits per heavy atom. The number of nitriles is 1. The second-order valence-corrected chi connectivity index (χ2v) is 8.38. The van der Waals surface area contributed by atoms with Gasteiger partial charge >= 0.3 is 0 Å². The van der Waals surface area contributed by atoms with Gasteiger partial charge in [0.1, 0.15) is 11.9 Å². The number of ether oxygens (including phenoxy) is 1. The van der Waals surface area contributed by atoms with Crippen molar-refractivity contribution < 1.29 is 4.74 Å². The summed E-state index contributed by atoms with van der Waals surface area (Å²) in [5.41, 5.74) is 2.09. The monoisotopic (exact) mass is 413 g/mol. The van der Waals surface area contributed by atoms with E-state index in [-0.39, 0.29) is 12.0 Å². The Balaban J connectivity index is 1.22. The van der Waals surface area contributed by atoms with Crippen molar-refractivity contribution in [3.05, 3.63) is 54.7 Å². The minimum Gasteiger partial charge on any atom is -0.473 e. The first-order valence-electron chi connectivity index (χ1n) is 11.2. The second kappa shape index (κ2) is 8.81. The molecule has 0 amide bonds. The third-order valence-corrected chi connectivity index (χ3v) is 6.40. The molecular weight excluding hydrogens is 386 g/mol. The normalized spacial score (nSPS) is 18.2. The number of piperidine rings is 2. The van der Waals surface area contributed by atoms with Crippen molar-refractivity contribution in [3.8, 4) is 11.9 Å². The molecule has 0 saturated carbocycles. The van der Waals surface area contributed by atoms with Gasteiger partial charge in [-0.1, -0.05) is 18.2 Å². The van der Waals surface area contributed by atoms with Crippen molar-refractivity contribution >= 4 is 22.4 Å². The lowest BCUT2D eigenvalue weighted by atomic mass is 9.98. The molecule has 31 heavy (non-hydrogen) atoms. The predicted octanol–water partition coefficient (Wildman–Crippen LogP) is 4.42. The van der Waals surface area contributed by atoms with E-state index in [4.69, 9.17) is 15.0 Å². The largest absolute Gasteiger partial charge is 0.473 e. The summed E-state index contributed by atoms with van der Waals surface area (Å²) >= 11 is 0. The number of benzene rings is 1. The lowest BCUT2D eigenvalue weighted by Crippen LogP contribution is -2.39. The van der Waals surface area contributed by atoms with Gasteiger partial charge in [-0.05, 0) is 43.2 Å². The minimum atomic E-state index is 0.155. The number of pyridine rings is 2. The van der Waals surface area contributed by atoms with Crippen LogP contribution in [0.25, 0.3) is 10.9 Å². The average molecular weight is 414 g/mol. The summed E-state index contributed by atoms with van der Waals surface area (Å²) in [5.74, 6) is 1.93. The topological polar surface area (TPSA) is 65.3 Å². The highest BCUT2D eigenvalue weighted by molar-refractivity contribution is 5.80. The number of fused-ring (bicyclic) bond motifs is 1. The molecule has 2 aromatic heterocycles. The Bertz CT molecular complexity index is 1080. The smallest absolute Gasteiger partial charge is 0.237 e. The Labute approximate surface area is 183 Å². The van der Waals surface area contributed by atoms with Crippen LogP contribution in [-0.4, -0.2) is 42.3 Å². The summed E-state index contributed by atoms with van der Waals surface area (Å²) in [6.45, 7) is 3.61. The molecule has 0 aliphatic carbocycles. The third-order valence-electron chi connectivity index (χ3n) is 6.40. The van der Waals surface area contributed by atoms with E-state index in [1.165, 1.54) is 5.39 Å². The van der Waals surface area contributed by atoms with Gasteiger partial charge in [0.25, 0.3) is 0 Å². The summed E-state index contributed by atoms with van der Waals surface area (Å²) in [6.07, 6.45) is 5.66. The van der Waals surface area contributed by atoms with Crippen molar-refractivity contribution in [2.24, 2.45) is 5.92 Å². The van der Waals surface area contributed by atoms with Crippen LogP contribution < -0.4 is 14.5 Å². The van der Waals surface area contributed by atoms with Gasteiger partial charge in [-0.2, -0.15) is 5.26 Å². The molecule has 5 rings (SSSR count). The van der Waals surface area contributed by atoms with E-state index in [1.807, 2.05) is 18.2 Å². The van der Waals surface area contributed by atoms with Crippen LogP contribution in [0.5, 0.6) is 5.88 Å². The van der Waals surface area contributed by atoms with Gasteiger partial charge in [0.15, 0.2) is 0 Å². The molecule has 1 aromatic carbocycles. The van der Waals surface area contributed by atoms with E-state index in [9.17, 15) is 0 Å². The van der Waals surface area contributed by atoms with Crippen LogP contribution in [0.4, 0.5) is 11.5 Å². The van der Waals surface area contributed by atoms with Crippen LogP contribution in [0.3, 0.4) is 0 Å². The first-order valence-corrected chi connectivity index (χ1v) is 11.2. The van der Waals surface area contributed by atoms with Crippen LogP contribution in [0, 0.1) is 17.2 Å².